The van der Waals surface area contributed by atoms with Crippen molar-refractivity contribution < 1.29 is 28.7 Å². The Labute approximate surface area is 124 Å². The molecule has 118 valence electrons. The molecule has 0 amide bonds. The Balaban J connectivity index is 1.60. The van der Waals surface area contributed by atoms with Crippen molar-refractivity contribution in [3.8, 4) is 11.5 Å². The van der Waals surface area contributed by atoms with Crippen molar-refractivity contribution in [1.82, 2.24) is 0 Å². The summed E-state index contributed by atoms with van der Waals surface area (Å²) in [7, 11) is 0. The summed E-state index contributed by atoms with van der Waals surface area (Å²) in [6, 6.07) is 5.54. The predicted octanol–water partition coefficient (Wildman–Crippen LogP) is 2.31. The monoisotopic (exact) mass is 298 g/mol. The van der Waals surface area contributed by atoms with E-state index >= 15 is 0 Å². The van der Waals surface area contributed by atoms with E-state index in [2.05, 4.69) is 0 Å². The minimum atomic E-state index is -0.346. The van der Waals surface area contributed by atoms with Gasteiger partial charge in [-0.3, -0.25) is 0 Å². The molecular weight excluding hydrogens is 276 g/mol. The van der Waals surface area contributed by atoms with Crippen LogP contribution in [-0.4, -0.2) is 39.3 Å². The maximum atomic E-state index is 5.67. The minimum absolute atomic E-state index is 0.346. The first-order chi connectivity index (χ1) is 10.3. The summed E-state index contributed by atoms with van der Waals surface area (Å²) in [5.41, 5.74) is 0.971. The van der Waals surface area contributed by atoms with Gasteiger partial charge in [0.1, 0.15) is 12.4 Å². The molecule has 1 aromatic carbocycles. The van der Waals surface area contributed by atoms with E-state index in [9.17, 15) is 0 Å². The molecular formula is C15H22O6. The van der Waals surface area contributed by atoms with Gasteiger partial charge in [-0.05, 0) is 32.0 Å². The van der Waals surface area contributed by atoms with Crippen LogP contribution >= 0.6 is 0 Å². The average Bonchev–Trinajstić information content (AvgIpc) is 2.94. The SMILES string of the molecule is CCOCCOCCOC(C)Oc1ccc2c(c1)COO2. The van der Waals surface area contributed by atoms with Crippen molar-refractivity contribution in [2.24, 2.45) is 0 Å². The quantitative estimate of drug-likeness (QED) is 0.375. The third-order valence-corrected chi connectivity index (χ3v) is 2.85. The van der Waals surface area contributed by atoms with Gasteiger partial charge in [0.2, 0.25) is 0 Å². The number of benzene rings is 1. The van der Waals surface area contributed by atoms with Crippen LogP contribution < -0.4 is 9.62 Å². The van der Waals surface area contributed by atoms with Crippen molar-refractivity contribution >= 4 is 0 Å². The normalized spacial score (nSPS) is 14.6. The highest BCUT2D eigenvalue weighted by atomic mass is 17.2. The first kappa shape index (κ1) is 16.0. The second-order valence-electron chi connectivity index (χ2n) is 4.48. The summed E-state index contributed by atoms with van der Waals surface area (Å²) in [5.74, 6) is 1.46. The van der Waals surface area contributed by atoms with Crippen LogP contribution in [0.2, 0.25) is 0 Å². The lowest BCUT2D eigenvalue weighted by atomic mass is 10.2. The fraction of sp³-hybridized carbons (Fsp3) is 0.600. The Morgan fingerprint density at radius 1 is 1.14 bits per heavy atom. The lowest BCUT2D eigenvalue weighted by Crippen LogP contribution is -2.19. The summed E-state index contributed by atoms with van der Waals surface area (Å²) in [4.78, 5) is 9.85. The smallest absolute Gasteiger partial charge is 0.197 e. The van der Waals surface area contributed by atoms with Crippen molar-refractivity contribution in [1.29, 1.82) is 0 Å². The lowest BCUT2D eigenvalue weighted by Gasteiger charge is -2.15. The van der Waals surface area contributed by atoms with Crippen LogP contribution in [0.1, 0.15) is 19.4 Å². The Bertz CT molecular complexity index is 423. The van der Waals surface area contributed by atoms with Crippen LogP contribution in [0.15, 0.2) is 18.2 Å². The van der Waals surface area contributed by atoms with Crippen molar-refractivity contribution in [2.75, 3.05) is 33.0 Å². The molecule has 6 heteroatoms. The van der Waals surface area contributed by atoms with Gasteiger partial charge in [-0.1, -0.05) is 0 Å². The van der Waals surface area contributed by atoms with Crippen LogP contribution in [0.25, 0.3) is 0 Å². The molecule has 6 nitrogen and oxygen atoms in total. The van der Waals surface area contributed by atoms with Crippen molar-refractivity contribution in [3.05, 3.63) is 23.8 Å². The summed E-state index contributed by atoms with van der Waals surface area (Å²) >= 11 is 0. The van der Waals surface area contributed by atoms with E-state index in [4.69, 9.17) is 28.7 Å². The number of fused-ring (bicyclic) bond motifs is 1. The molecule has 0 N–H and O–H groups in total. The Morgan fingerprint density at radius 3 is 2.81 bits per heavy atom. The van der Waals surface area contributed by atoms with Gasteiger partial charge in [0.05, 0.1) is 26.4 Å². The molecule has 0 aromatic heterocycles. The van der Waals surface area contributed by atoms with Crippen LogP contribution in [0.5, 0.6) is 11.5 Å². The van der Waals surface area contributed by atoms with Crippen molar-refractivity contribution in [2.45, 2.75) is 26.7 Å². The van der Waals surface area contributed by atoms with E-state index in [1.54, 1.807) is 0 Å². The average molecular weight is 298 g/mol. The van der Waals surface area contributed by atoms with Gasteiger partial charge in [-0.25, -0.2) is 0 Å². The molecule has 0 aliphatic carbocycles. The highest BCUT2D eigenvalue weighted by Crippen LogP contribution is 2.29. The molecule has 0 bridgehead atoms. The molecule has 0 fully saturated rings. The van der Waals surface area contributed by atoms with Crippen LogP contribution in [0.4, 0.5) is 0 Å². The summed E-state index contributed by atoms with van der Waals surface area (Å²) < 4.78 is 21.7. The molecule has 0 saturated carbocycles. The summed E-state index contributed by atoms with van der Waals surface area (Å²) in [6.45, 7) is 7.15. The van der Waals surface area contributed by atoms with Gasteiger partial charge in [0.15, 0.2) is 12.0 Å². The van der Waals surface area contributed by atoms with Crippen LogP contribution in [0.3, 0.4) is 0 Å². The van der Waals surface area contributed by atoms with E-state index < -0.39 is 0 Å². The summed E-state index contributed by atoms with van der Waals surface area (Å²) in [6.07, 6.45) is -0.346. The number of hydrogen-bond acceptors (Lipinski definition) is 6. The lowest BCUT2D eigenvalue weighted by molar-refractivity contribution is -0.194. The second kappa shape index (κ2) is 8.84. The summed E-state index contributed by atoms with van der Waals surface area (Å²) in [5, 5.41) is 0. The maximum Gasteiger partial charge on any atom is 0.197 e. The molecule has 1 aliphatic heterocycles. The van der Waals surface area contributed by atoms with Gasteiger partial charge in [0.25, 0.3) is 0 Å². The van der Waals surface area contributed by atoms with E-state index in [0.717, 1.165) is 17.1 Å². The van der Waals surface area contributed by atoms with Gasteiger partial charge >= 0.3 is 0 Å². The fourth-order valence-corrected chi connectivity index (χ4v) is 1.84. The largest absolute Gasteiger partial charge is 0.465 e. The second-order valence-corrected chi connectivity index (χ2v) is 4.48. The molecule has 0 radical (unpaired) electrons. The molecule has 1 unspecified atom stereocenters. The molecule has 2 rings (SSSR count). The zero-order valence-electron chi connectivity index (χ0n) is 12.5. The highest BCUT2D eigenvalue weighted by Gasteiger charge is 2.15. The Hall–Kier alpha value is -1.34. The topological polar surface area (TPSA) is 55.4 Å². The maximum absolute atomic E-state index is 5.67. The van der Waals surface area contributed by atoms with Crippen molar-refractivity contribution in [3.63, 3.8) is 0 Å². The van der Waals surface area contributed by atoms with Gasteiger partial charge < -0.3 is 23.8 Å². The third kappa shape index (κ3) is 5.51. The molecule has 1 heterocycles. The standard InChI is InChI=1S/C15H22O6/c1-3-16-6-7-17-8-9-18-12(2)20-14-4-5-15-13(10-14)11-19-21-15/h4-5,10,12H,3,6-9,11H2,1-2H3. The van der Waals surface area contributed by atoms with E-state index in [-0.39, 0.29) is 6.29 Å². The molecule has 1 aromatic rings. The Morgan fingerprint density at radius 2 is 1.95 bits per heavy atom. The molecule has 1 aliphatic rings. The highest BCUT2D eigenvalue weighted by molar-refractivity contribution is 5.40. The predicted molar refractivity (Wildman–Crippen MR) is 75.2 cm³/mol. The van der Waals surface area contributed by atoms with Gasteiger partial charge in [0, 0.05) is 12.2 Å². The first-order valence-electron chi connectivity index (χ1n) is 7.15. The fourth-order valence-electron chi connectivity index (χ4n) is 1.84. The number of hydrogen-bond donors (Lipinski definition) is 0. The zero-order valence-corrected chi connectivity index (χ0v) is 12.5. The van der Waals surface area contributed by atoms with Crippen LogP contribution in [-0.2, 0) is 25.7 Å². The number of rotatable bonds is 10. The third-order valence-electron chi connectivity index (χ3n) is 2.85. The zero-order chi connectivity index (χ0) is 14.9. The van der Waals surface area contributed by atoms with Gasteiger partial charge in [-0.2, -0.15) is 4.89 Å². The minimum Gasteiger partial charge on any atom is -0.465 e. The molecule has 1 atom stereocenters. The van der Waals surface area contributed by atoms with Crippen LogP contribution in [0, 0.1) is 0 Å². The Kier molecular flexibility index (Phi) is 6.75. The first-order valence-corrected chi connectivity index (χ1v) is 7.15. The molecule has 0 saturated heterocycles. The van der Waals surface area contributed by atoms with Gasteiger partial charge in [-0.15, -0.1) is 0 Å². The molecule has 21 heavy (non-hydrogen) atoms. The van der Waals surface area contributed by atoms with E-state index in [1.807, 2.05) is 32.0 Å². The van der Waals surface area contributed by atoms with E-state index in [1.165, 1.54) is 0 Å². The number of ether oxygens (including phenoxy) is 4. The molecule has 0 spiro atoms. The van der Waals surface area contributed by atoms with E-state index in [0.29, 0.717) is 39.6 Å².